The maximum Gasteiger partial charge on any atom is 0.258 e. The molecule has 8 heteroatoms. The number of nitrogens with zero attached hydrogens (tertiary/aromatic N) is 2. The number of fused-ring (bicyclic) bond motifs is 2. The maximum atomic E-state index is 13.6. The van der Waals surface area contributed by atoms with E-state index in [1.807, 2.05) is 67.3 Å². The predicted molar refractivity (Wildman–Crippen MR) is 136 cm³/mol. The summed E-state index contributed by atoms with van der Waals surface area (Å²) in [4.78, 5) is 29.9. The molecule has 188 valence electrons. The van der Waals surface area contributed by atoms with Gasteiger partial charge in [-0.3, -0.25) is 14.5 Å². The lowest BCUT2D eigenvalue weighted by molar-refractivity contribution is -0.123. The lowest BCUT2D eigenvalue weighted by Crippen LogP contribution is -2.48. The Bertz CT molecular complexity index is 1270. The predicted octanol–water partition coefficient (Wildman–Crippen LogP) is 3.43. The monoisotopic (exact) mass is 489 g/mol. The second-order valence-electron chi connectivity index (χ2n) is 9.46. The molecular formula is C28H31N3O5. The molecule has 3 aromatic carbocycles. The van der Waals surface area contributed by atoms with Crippen molar-refractivity contribution < 1.29 is 23.8 Å². The smallest absolute Gasteiger partial charge is 0.258 e. The zero-order chi connectivity index (χ0) is 25.1. The van der Waals surface area contributed by atoms with Crippen molar-refractivity contribution in [2.45, 2.75) is 26.4 Å². The molecular weight excluding hydrogens is 458 g/mol. The lowest BCUT2D eigenvalue weighted by atomic mass is 10.0. The van der Waals surface area contributed by atoms with Crippen LogP contribution in [0.3, 0.4) is 0 Å². The summed E-state index contributed by atoms with van der Waals surface area (Å²) in [7, 11) is 0. The highest BCUT2D eigenvalue weighted by atomic mass is 16.7. The quantitative estimate of drug-likeness (QED) is 0.548. The number of piperazine rings is 1. The Morgan fingerprint density at radius 1 is 0.944 bits per heavy atom. The Labute approximate surface area is 210 Å². The Balaban J connectivity index is 1.26. The van der Waals surface area contributed by atoms with E-state index in [1.54, 1.807) is 0 Å². The van der Waals surface area contributed by atoms with E-state index in [0.29, 0.717) is 24.4 Å². The zero-order valence-electron chi connectivity index (χ0n) is 20.7. The van der Waals surface area contributed by atoms with E-state index >= 15 is 0 Å². The fraction of sp³-hybridized carbons (Fsp3) is 0.357. The summed E-state index contributed by atoms with van der Waals surface area (Å²) in [6.45, 7) is 7.47. The summed E-state index contributed by atoms with van der Waals surface area (Å²) in [5.41, 5.74) is 1.64. The molecule has 2 heterocycles. The number of amides is 2. The van der Waals surface area contributed by atoms with Crippen molar-refractivity contribution in [1.29, 1.82) is 0 Å². The number of rotatable bonds is 7. The molecule has 36 heavy (non-hydrogen) atoms. The number of hydrogen-bond donors (Lipinski definition) is 1. The van der Waals surface area contributed by atoms with E-state index in [4.69, 9.17) is 14.2 Å². The largest absolute Gasteiger partial charge is 0.483 e. The van der Waals surface area contributed by atoms with E-state index < -0.39 is 0 Å². The van der Waals surface area contributed by atoms with Crippen LogP contribution in [-0.2, 0) is 11.3 Å². The van der Waals surface area contributed by atoms with Crippen molar-refractivity contribution in [1.82, 2.24) is 15.1 Å². The van der Waals surface area contributed by atoms with E-state index in [1.165, 1.54) is 0 Å². The van der Waals surface area contributed by atoms with E-state index in [9.17, 15) is 9.59 Å². The van der Waals surface area contributed by atoms with Gasteiger partial charge in [-0.05, 0) is 54.4 Å². The molecule has 0 atom stereocenters. The Morgan fingerprint density at radius 2 is 1.67 bits per heavy atom. The van der Waals surface area contributed by atoms with Gasteiger partial charge < -0.3 is 24.4 Å². The SMILES string of the molecule is CC(C)NC(=O)COc1cc2ccccc2cc1C(=O)N1CCN(Cc2ccc3c(c2)OCO3)CC1. The van der Waals surface area contributed by atoms with Crippen LogP contribution in [0.5, 0.6) is 17.2 Å². The second-order valence-corrected chi connectivity index (χ2v) is 9.46. The van der Waals surface area contributed by atoms with Gasteiger partial charge in [0.05, 0.1) is 5.56 Å². The second kappa shape index (κ2) is 10.5. The van der Waals surface area contributed by atoms with Crippen LogP contribution in [0.15, 0.2) is 54.6 Å². The first-order valence-electron chi connectivity index (χ1n) is 12.3. The first kappa shape index (κ1) is 23.9. The van der Waals surface area contributed by atoms with Gasteiger partial charge in [-0.25, -0.2) is 0 Å². The van der Waals surface area contributed by atoms with Crippen molar-refractivity contribution >= 4 is 22.6 Å². The number of nitrogens with one attached hydrogen (secondary N) is 1. The third-order valence-electron chi connectivity index (χ3n) is 6.39. The average molecular weight is 490 g/mol. The summed E-state index contributed by atoms with van der Waals surface area (Å²) in [6, 6.07) is 17.6. The summed E-state index contributed by atoms with van der Waals surface area (Å²) >= 11 is 0. The molecule has 8 nitrogen and oxygen atoms in total. The van der Waals surface area contributed by atoms with Crippen LogP contribution in [0.1, 0.15) is 29.8 Å². The van der Waals surface area contributed by atoms with Crippen molar-refractivity contribution in [2.75, 3.05) is 39.6 Å². The molecule has 2 aliphatic rings. The molecule has 2 aliphatic heterocycles. The minimum absolute atomic E-state index is 0.0211. The molecule has 0 aromatic heterocycles. The minimum Gasteiger partial charge on any atom is -0.483 e. The Kier molecular flexibility index (Phi) is 6.95. The maximum absolute atomic E-state index is 13.6. The molecule has 0 unspecified atom stereocenters. The van der Waals surface area contributed by atoms with Gasteiger partial charge >= 0.3 is 0 Å². The number of hydrogen-bond acceptors (Lipinski definition) is 6. The third-order valence-corrected chi connectivity index (χ3v) is 6.39. The molecule has 0 saturated carbocycles. The van der Waals surface area contributed by atoms with Gasteiger partial charge in [0.15, 0.2) is 18.1 Å². The summed E-state index contributed by atoms with van der Waals surface area (Å²) in [5.74, 6) is 1.70. The molecule has 1 saturated heterocycles. The van der Waals surface area contributed by atoms with Crippen molar-refractivity contribution in [3.8, 4) is 17.2 Å². The topological polar surface area (TPSA) is 80.3 Å². The van der Waals surface area contributed by atoms with Gasteiger partial charge in [-0.1, -0.05) is 30.3 Å². The van der Waals surface area contributed by atoms with Crippen LogP contribution in [0.25, 0.3) is 10.8 Å². The molecule has 1 N–H and O–H groups in total. The molecule has 5 rings (SSSR count). The molecule has 0 bridgehead atoms. The summed E-state index contributed by atoms with van der Waals surface area (Å²) in [5, 5.41) is 4.74. The first-order valence-corrected chi connectivity index (χ1v) is 12.3. The minimum atomic E-state index is -0.214. The molecule has 3 aromatic rings. The van der Waals surface area contributed by atoms with Gasteiger partial charge in [0, 0.05) is 38.8 Å². The Hall–Kier alpha value is -3.78. The summed E-state index contributed by atoms with van der Waals surface area (Å²) in [6.07, 6.45) is 0. The number of carbonyl (C=O) groups is 2. The number of carbonyl (C=O) groups excluding carboxylic acids is 2. The molecule has 0 spiro atoms. The van der Waals surface area contributed by atoms with Crippen LogP contribution < -0.4 is 19.5 Å². The van der Waals surface area contributed by atoms with Gasteiger partial charge in [0.2, 0.25) is 6.79 Å². The summed E-state index contributed by atoms with van der Waals surface area (Å²) < 4.78 is 16.8. The van der Waals surface area contributed by atoms with Gasteiger partial charge in [-0.2, -0.15) is 0 Å². The molecule has 2 amide bonds. The first-order chi connectivity index (χ1) is 17.5. The van der Waals surface area contributed by atoms with E-state index in [0.717, 1.165) is 47.5 Å². The van der Waals surface area contributed by atoms with Crippen LogP contribution in [0.2, 0.25) is 0 Å². The van der Waals surface area contributed by atoms with Crippen LogP contribution in [-0.4, -0.2) is 67.2 Å². The highest BCUT2D eigenvalue weighted by Crippen LogP contribution is 2.33. The normalized spacial score (nSPS) is 15.4. The number of ether oxygens (including phenoxy) is 3. The van der Waals surface area contributed by atoms with Gasteiger partial charge in [-0.15, -0.1) is 0 Å². The molecule has 1 fully saturated rings. The zero-order valence-corrected chi connectivity index (χ0v) is 20.7. The van der Waals surface area contributed by atoms with E-state index in [-0.39, 0.29) is 31.3 Å². The van der Waals surface area contributed by atoms with Crippen molar-refractivity contribution in [3.05, 3.63) is 65.7 Å². The van der Waals surface area contributed by atoms with Crippen molar-refractivity contribution in [3.63, 3.8) is 0 Å². The van der Waals surface area contributed by atoms with Crippen LogP contribution in [0, 0.1) is 0 Å². The molecule has 0 radical (unpaired) electrons. The van der Waals surface area contributed by atoms with Crippen LogP contribution >= 0.6 is 0 Å². The Morgan fingerprint density at radius 3 is 2.42 bits per heavy atom. The van der Waals surface area contributed by atoms with Gasteiger partial charge in [0.25, 0.3) is 11.8 Å². The fourth-order valence-electron chi connectivity index (χ4n) is 4.59. The fourth-order valence-corrected chi connectivity index (χ4v) is 4.59. The van der Waals surface area contributed by atoms with Gasteiger partial charge in [0.1, 0.15) is 5.75 Å². The average Bonchev–Trinajstić information content (AvgIpc) is 3.34. The molecule has 0 aliphatic carbocycles. The number of benzene rings is 3. The van der Waals surface area contributed by atoms with Crippen LogP contribution in [0.4, 0.5) is 0 Å². The third kappa shape index (κ3) is 5.39. The van der Waals surface area contributed by atoms with Crippen molar-refractivity contribution in [2.24, 2.45) is 0 Å². The lowest BCUT2D eigenvalue weighted by Gasteiger charge is -2.35. The van der Waals surface area contributed by atoms with E-state index in [2.05, 4.69) is 16.3 Å². The highest BCUT2D eigenvalue weighted by Gasteiger charge is 2.26. The highest BCUT2D eigenvalue weighted by molar-refractivity contribution is 6.01. The standard InChI is InChI=1S/C28H31N3O5/c1-19(2)29-27(32)17-34-25-15-22-6-4-3-5-21(22)14-23(25)28(33)31-11-9-30(10-12-31)16-20-7-8-24-26(13-20)36-18-35-24/h3-8,13-15,19H,9-12,16-18H2,1-2H3,(H,29,32).